The number of nitrogens with two attached hydrogens (primary N) is 2. The maximum Gasteiger partial charge on any atom is 0.218 e. The summed E-state index contributed by atoms with van der Waals surface area (Å²) in [4.78, 5) is 13.4. The van der Waals surface area contributed by atoms with Gasteiger partial charge < -0.3 is 11.5 Å². The van der Waals surface area contributed by atoms with Crippen LogP contribution in [-0.4, -0.2) is 36.0 Å². The first-order chi connectivity index (χ1) is 8.64. The molecule has 1 aliphatic carbocycles. The van der Waals surface area contributed by atoms with Gasteiger partial charge in [-0.25, -0.2) is 0 Å². The molecule has 0 bridgehead atoms. The molecule has 1 amide bonds. The maximum atomic E-state index is 11.0. The van der Waals surface area contributed by atoms with Crippen molar-refractivity contribution in [3.05, 3.63) is 0 Å². The largest absolute Gasteiger partial charge is 0.370 e. The van der Waals surface area contributed by atoms with Gasteiger partial charge in [-0.1, -0.05) is 32.6 Å². The molecule has 0 unspecified atom stereocenters. The molecule has 1 fully saturated rings. The second-order valence-electron chi connectivity index (χ2n) is 5.55. The normalized spacial score (nSPS) is 19.7. The van der Waals surface area contributed by atoms with E-state index in [0.717, 1.165) is 19.5 Å². The van der Waals surface area contributed by atoms with Gasteiger partial charge in [-0.2, -0.15) is 0 Å². The zero-order valence-electron chi connectivity index (χ0n) is 11.8. The lowest BCUT2D eigenvalue weighted by atomic mass is 9.87. The minimum atomic E-state index is -0.211. The van der Waals surface area contributed by atoms with Crippen molar-refractivity contribution in [2.75, 3.05) is 19.6 Å². The molecule has 0 aromatic carbocycles. The van der Waals surface area contributed by atoms with Gasteiger partial charge in [0, 0.05) is 25.0 Å². The zero-order chi connectivity index (χ0) is 13.4. The first-order valence-electron chi connectivity index (χ1n) is 7.38. The highest BCUT2D eigenvalue weighted by Crippen LogP contribution is 2.32. The summed E-state index contributed by atoms with van der Waals surface area (Å²) in [6.45, 7) is 4.66. The fraction of sp³-hybridized carbons (Fsp3) is 0.929. The van der Waals surface area contributed by atoms with E-state index in [1.807, 2.05) is 0 Å². The van der Waals surface area contributed by atoms with Crippen molar-refractivity contribution < 1.29 is 4.79 Å². The van der Waals surface area contributed by atoms with Crippen molar-refractivity contribution in [1.29, 1.82) is 0 Å². The Labute approximate surface area is 111 Å². The highest BCUT2D eigenvalue weighted by Gasteiger charge is 2.35. The Hall–Kier alpha value is -0.610. The van der Waals surface area contributed by atoms with Crippen LogP contribution in [0.5, 0.6) is 0 Å². The van der Waals surface area contributed by atoms with Crippen molar-refractivity contribution >= 4 is 5.91 Å². The van der Waals surface area contributed by atoms with Gasteiger partial charge in [-0.15, -0.1) is 0 Å². The minimum Gasteiger partial charge on any atom is -0.370 e. The smallest absolute Gasteiger partial charge is 0.218 e. The van der Waals surface area contributed by atoms with Crippen molar-refractivity contribution in [2.45, 2.75) is 63.8 Å². The number of rotatable bonds is 7. The third kappa shape index (κ3) is 4.25. The molecule has 4 heteroatoms. The summed E-state index contributed by atoms with van der Waals surface area (Å²) in [5.74, 6) is -0.211. The number of nitrogens with zero attached hydrogens (tertiary/aromatic N) is 1. The van der Waals surface area contributed by atoms with E-state index >= 15 is 0 Å². The van der Waals surface area contributed by atoms with Gasteiger partial charge in [0.1, 0.15) is 0 Å². The van der Waals surface area contributed by atoms with Gasteiger partial charge in [0.05, 0.1) is 0 Å². The number of hydrogen-bond donors (Lipinski definition) is 2. The molecule has 4 N–H and O–H groups in total. The molecule has 1 aliphatic rings. The number of carbonyl (C=O) groups is 1. The predicted molar refractivity (Wildman–Crippen MR) is 75.2 cm³/mol. The van der Waals surface area contributed by atoms with Crippen molar-refractivity contribution in [1.82, 2.24) is 4.90 Å². The van der Waals surface area contributed by atoms with E-state index in [2.05, 4.69) is 11.8 Å². The fourth-order valence-corrected chi connectivity index (χ4v) is 3.14. The summed E-state index contributed by atoms with van der Waals surface area (Å²) < 4.78 is 0. The second kappa shape index (κ2) is 7.74. The molecule has 0 aromatic rings. The van der Waals surface area contributed by atoms with E-state index in [-0.39, 0.29) is 11.4 Å². The Bertz CT molecular complexity index is 247. The average molecular weight is 255 g/mol. The van der Waals surface area contributed by atoms with Crippen LogP contribution >= 0.6 is 0 Å². The summed E-state index contributed by atoms with van der Waals surface area (Å²) >= 11 is 0. The molecule has 1 rings (SSSR count). The van der Waals surface area contributed by atoms with Crippen LogP contribution in [0.4, 0.5) is 0 Å². The van der Waals surface area contributed by atoms with E-state index in [1.165, 1.54) is 38.5 Å². The summed E-state index contributed by atoms with van der Waals surface area (Å²) in [6, 6.07) is 0. The molecule has 1 saturated carbocycles. The van der Waals surface area contributed by atoms with Crippen LogP contribution in [0.25, 0.3) is 0 Å². The number of hydrogen-bond acceptors (Lipinski definition) is 3. The van der Waals surface area contributed by atoms with Crippen LogP contribution in [0.3, 0.4) is 0 Å². The Morgan fingerprint density at radius 1 is 1.17 bits per heavy atom. The summed E-state index contributed by atoms with van der Waals surface area (Å²) in [6.07, 6.45) is 9.03. The topological polar surface area (TPSA) is 72.3 Å². The van der Waals surface area contributed by atoms with E-state index in [0.29, 0.717) is 13.0 Å². The number of primary amides is 1. The van der Waals surface area contributed by atoms with Crippen LogP contribution in [0, 0.1) is 0 Å². The van der Waals surface area contributed by atoms with Gasteiger partial charge >= 0.3 is 0 Å². The van der Waals surface area contributed by atoms with E-state index in [4.69, 9.17) is 11.5 Å². The molecule has 0 aromatic heterocycles. The Kier molecular flexibility index (Phi) is 6.65. The quantitative estimate of drug-likeness (QED) is 0.679. The van der Waals surface area contributed by atoms with Crippen molar-refractivity contribution in [3.63, 3.8) is 0 Å². The van der Waals surface area contributed by atoms with Gasteiger partial charge in [-0.05, 0) is 25.8 Å². The molecule has 0 heterocycles. The standard InChI is InChI=1S/C14H29N3O/c1-2-10-17(11-7-13(16)18)14(12-15)8-5-3-4-6-9-14/h2-12,15H2,1H3,(H2,16,18). The predicted octanol–water partition coefficient (Wildman–Crippen LogP) is 1.63. The molecular weight excluding hydrogens is 226 g/mol. The van der Waals surface area contributed by atoms with Crippen LogP contribution in [0.2, 0.25) is 0 Å². The van der Waals surface area contributed by atoms with E-state index in [9.17, 15) is 4.79 Å². The molecule has 0 aliphatic heterocycles. The number of amides is 1. The molecule has 4 nitrogen and oxygen atoms in total. The Balaban J connectivity index is 2.72. The molecule has 0 atom stereocenters. The van der Waals surface area contributed by atoms with Crippen molar-refractivity contribution in [3.8, 4) is 0 Å². The van der Waals surface area contributed by atoms with E-state index in [1.54, 1.807) is 0 Å². The molecule has 0 radical (unpaired) electrons. The fourth-order valence-electron chi connectivity index (χ4n) is 3.14. The Morgan fingerprint density at radius 3 is 2.22 bits per heavy atom. The monoisotopic (exact) mass is 255 g/mol. The van der Waals surface area contributed by atoms with Crippen LogP contribution in [-0.2, 0) is 4.79 Å². The lowest BCUT2D eigenvalue weighted by Gasteiger charge is -2.43. The van der Waals surface area contributed by atoms with E-state index < -0.39 is 0 Å². The molecule has 0 spiro atoms. The number of carbonyl (C=O) groups excluding carboxylic acids is 1. The summed E-state index contributed by atoms with van der Waals surface area (Å²) in [5, 5.41) is 0. The van der Waals surface area contributed by atoms with Crippen LogP contribution < -0.4 is 11.5 Å². The van der Waals surface area contributed by atoms with Gasteiger partial charge in [0.2, 0.25) is 5.91 Å². The van der Waals surface area contributed by atoms with Crippen LogP contribution in [0.1, 0.15) is 58.3 Å². The van der Waals surface area contributed by atoms with Gasteiger partial charge in [-0.3, -0.25) is 9.69 Å². The third-order valence-electron chi connectivity index (χ3n) is 4.21. The van der Waals surface area contributed by atoms with Crippen LogP contribution in [0.15, 0.2) is 0 Å². The maximum absolute atomic E-state index is 11.0. The Morgan fingerprint density at radius 2 is 1.78 bits per heavy atom. The zero-order valence-corrected chi connectivity index (χ0v) is 11.8. The summed E-state index contributed by atoms with van der Waals surface area (Å²) in [7, 11) is 0. The lowest BCUT2D eigenvalue weighted by Crippen LogP contribution is -2.54. The molecule has 106 valence electrons. The minimum absolute atomic E-state index is 0.113. The van der Waals surface area contributed by atoms with Gasteiger partial charge in [0.25, 0.3) is 0 Å². The molecular formula is C14H29N3O. The highest BCUT2D eigenvalue weighted by atomic mass is 16.1. The molecule has 0 saturated heterocycles. The highest BCUT2D eigenvalue weighted by molar-refractivity contribution is 5.73. The first kappa shape index (κ1) is 15.4. The lowest BCUT2D eigenvalue weighted by molar-refractivity contribution is -0.118. The summed E-state index contributed by atoms with van der Waals surface area (Å²) in [5.41, 5.74) is 11.5. The first-order valence-corrected chi connectivity index (χ1v) is 7.38. The van der Waals surface area contributed by atoms with Crippen molar-refractivity contribution in [2.24, 2.45) is 11.5 Å². The average Bonchev–Trinajstić information content (AvgIpc) is 2.60. The SMILES string of the molecule is CCCN(CCC(N)=O)C1(CN)CCCCCC1. The van der Waals surface area contributed by atoms with Gasteiger partial charge in [0.15, 0.2) is 0 Å². The third-order valence-corrected chi connectivity index (χ3v) is 4.21. The second-order valence-corrected chi connectivity index (χ2v) is 5.55. The molecule has 18 heavy (non-hydrogen) atoms.